The molecule has 2 aromatic rings. The maximum atomic E-state index is 4.76. The predicted molar refractivity (Wildman–Crippen MR) is 72.9 cm³/mol. The molecule has 1 aromatic carbocycles. The van der Waals surface area contributed by atoms with Gasteiger partial charge in [0.05, 0.1) is 5.69 Å². The van der Waals surface area contributed by atoms with Crippen LogP contribution in [0.5, 0.6) is 0 Å². The van der Waals surface area contributed by atoms with Crippen molar-refractivity contribution in [2.75, 3.05) is 0 Å². The largest absolute Gasteiger partial charge is 0.334 e. The zero-order valence-corrected chi connectivity index (χ0v) is 11.3. The third kappa shape index (κ3) is 2.29. The minimum Gasteiger partial charge on any atom is -0.334 e. The lowest BCUT2D eigenvalue weighted by Gasteiger charge is -1.99. The second-order valence-electron chi connectivity index (χ2n) is 4.56. The molecule has 1 aromatic heterocycles. The van der Waals surface area contributed by atoms with Crippen molar-refractivity contribution in [3.63, 3.8) is 0 Å². The van der Waals surface area contributed by atoms with E-state index in [1.54, 1.807) is 0 Å². The van der Waals surface area contributed by atoms with Gasteiger partial charge in [0, 0.05) is 29.2 Å². The summed E-state index contributed by atoms with van der Waals surface area (Å²) in [5.41, 5.74) is 2.29. The lowest BCUT2D eigenvalue weighted by atomic mass is 10.2. The van der Waals surface area contributed by atoms with Crippen LogP contribution in [0.3, 0.4) is 0 Å². The van der Waals surface area contributed by atoms with Crippen LogP contribution in [0, 0.1) is 0 Å². The molecule has 0 N–H and O–H groups in total. The molecule has 0 aliphatic carbocycles. The van der Waals surface area contributed by atoms with Crippen LogP contribution in [-0.2, 0) is 13.0 Å². The van der Waals surface area contributed by atoms with E-state index in [-0.39, 0.29) is 0 Å². The number of imidazole rings is 1. The highest BCUT2D eigenvalue weighted by Crippen LogP contribution is 2.24. The van der Waals surface area contributed by atoms with E-state index < -0.39 is 0 Å². The summed E-state index contributed by atoms with van der Waals surface area (Å²) < 4.78 is 3.43. The molecule has 0 bridgehead atoms. The Balaban J connectivity index is 1.99. The number of fused-ring (bicyclic) bond motifs is 1. The summed E-state index contributed by atoms with van der Waals surface area (Å²) in [6.07, 6.45) is 7.20. The van der Waals surface area contributed by atoms with Gasteiger partial charge in [0.2, 0.25) is 0 Å². The Hall–Kier alpha value is -1.09. The van der Waals surface area contributed by atoms with E-state index in [1.807, 2.05) is 6.07 Å². The van der Waals surface area contributed by atoms with E-state index in [9.17, 15) is 0 Å². The van der Waals surface area contributed by atoms with Gasteiger partial charge >= 0.3 is 0 Å². The van der Waals surface area contributed by atoms with Crippen LogP contribution in [0.1, 0.15) is 25.1 Å². The van der Waals surface area contributed by atoms with Crippen molar-refractivity contribution < 1.29 is 0 Å². The van der Waals surface area contributed by atoms with Gasteiger partial charge in [0.15, 0.2) is 0 Å². The molecule has 3 rings (SSSR count). The van der Waals surface area contributed by atoms with Crippen LogP contribution in [0.2, 0.25) is 0 Å². The molecule has 1 aliphatic rings. The van der Waals surface area contributed by atoms with Gasteiger partial charge in [-0.05, 0) is 25.0 Å². The van der Waals surface area contributed by atoms with Gasteiger partial charge in [-0.1, -0.05) is 34.5 Å². The van der Waals surface area contributed by atoms with E-state index in [2.05, 4.69) is 44.9 Å². The van der Waals surface area contributed by atoms with Gasteiger partial charge in [0.1, 0.15) is 5.82 Å². The van der Waals surface area contributed by atoms with Crippen molar-refractivity contribution in [3.05, 3.63) is 40.8 Å². The monoisotopic (exact) mass is 290 g/mol. The minimum atomic E-state index is 1.10. The quantitative estimate of drug-likeness (QED) is 0.775. The Morgan fingerprint density at radius 1 is 1.18 bits per heavy atom. The first-order valence-electron chi connectivity index (χ1n) is 6.15. The number of halogens is 1. The molecule has 2 heterocycles. The lowest BCUT2D eigenvalue weighted by Crippen LogP contribution is -1.98. The van der Waals surface area contributed by atoms with Gasteiger partial charge in [0.25, 0.3) is 0 Å². The van der Waals surface area contributed by atoms with Crippen molar-refractivity contribution in [2.24, 2.45) is 0 Å². The minimum absolute atomic E-state index is 1.10. The van der Waals surface area contributed by atoms with Gasteiger partial charge in [-0.2, -0.15) is 0 Å². The summed E-state index contributed by atoms with van der Waals surface area (Å²) in [7, 11) is 0. The van der Waals surface area contributed by atoms with Gasteiger partial charge in [-0.25, -0.2) is 4.98 Å². The number of nitrogens with zero attached hydrogens (tertiary/aromatic N) is 2. The predicted octanol–water partition coefficient (Wildman–Crippen LogP) is 4.04. The molecule has 88 valence electrons. The Kier molecular flexibility index (Phi) is 3.02. The summed E-state index contributed by atoms with van der Waals surface area (Å²) in [6, 6.07) is 8.35. The molecule has 0 fully saturated rings. The third-order valence-electron chi connectivity index (χ3n) is 3.28. The summed E-state index contributed by atoms with van der Waals surface area (Å²) in [5.74, 6) is 1.25. The van der Waals surface area contributed by atoms with E-state index in [0.717, 1.165) is 23.1 Å². The summed E-state index contributed by atoms with van der Waals surface area (Å²) in [5, 5.41) is 0. The first-order valence-corrected chi connectivity index (χ1v) is 6.94. The standard InChI is InChI=1S/C14H15BrN2/c15-12-6-4-5-11(9-12)13-10-17-8-3-1-2-7-14(17)16-13/h4-6,9-10H,1-3,7-8H2. The van der Waals surface area contributed by atoms with E-state index >= 15 is 0 Å². The van der Waals surface area contributed by atoms with Gasteiger partial charge < -0.3 is 4.57 Å². The smallest absolute Gasteiger partial charge is 0.109 e. The number of benzene rings is 1. The van der Waals surface area contributed by atoms with Crippen LogP contribution < -0.4 is 0 Å². The highest BCUT2D eigenvalue weighted by Gasteiger charge is 2.12. The first kappa shape index (κ1) is 11.0. The summed E-state index contributed by atoms with van der Waals surface area (Å²) >= 11 is 3.51. The third-order valence-corrected chi connectivity index (χ3v) is 3.77. The average molecular weight is 291 g/mol. The topological polar surface area (TPSA) is 17.8 Å². The molecule has 0 amide bonds. The van der Waals surface area contributed by atoms with Crippen LogP contribution in [-0.4, -0.2) is 9.55 Å². The molecule has 0 unspecified atom stereocenters. The highest BCUT2D eigenvalue weighted by atomic mass is 79.9. The molecule has 0 atom stereocenters. The molecule has 2 nitrogen and oxygen atoms in total. The molecule has 0 spiro atoms. The Bertz CT molecular complexity index is 507. The molecule has 0 radical (unpaired) electrons. The number of hydrogen-bond donors (Lipinski definition) is 0. The number of aryl methyl sites for hydroxylation is 2. The van der Waals surface area contributed by atoms with E-state index in [0.29, 0.717) is 0 Å². The Morgan fingerprint density at radius 3 is 3.00 bits per heavy atom. The number of aromatic nitrogens is 2. The summed E-state index contributed by atoms with van der Waals surface area (Å²) in [6.45, 7) is 1.12. The first-order chi connectivity index (χ1) is 8.33. The fourth-order valence-corrected chi connectivity index (χ4v) is 2.78. The number of hydrogen-bond acceptors (Lipinski definition) is 1. The molecular formula is C14H15BrN2. The Morgan fingerprint density at radius 2 is 2.12 bits per heavy atom. The lowest BCUT2D eigenvalue weighted by molar-refractivity contribution is 0.635. The zero-order valence-electron chi connectivity index (χ0n) is 9.69. The molecule has 0 saturated carbocycles. The van der Waals surface area contributed by atoms with Crippen LogP contribution >= 0.6 is 15.9 Å². The molecule has 3 heteroatoms. The molecule has 17 heavy (non-hydrogen) atoms. The average Bonchev–Trinajstić information content (AvgIpc) is 2.61. The maximum Gasteiger partial charge on any atom is 0.109 e. The van der Waals surface area contributed by atoms with Crippen LogP contribution in [0.25, 0.3) is 11.3 Å². The van der Waals surface area contributed by atoms with Gasteiger partial charge in [-0.3, -0.25) is 0 Å². The van der Waals surface area contributed by atoms with Crippen molar-refractivity contribution in [1.82, 2.24) is 9.55 Å². The second kappa shape index (κ2) is 4.65. The second-order valence-corrected chi connectivity index (χ2v) is 5.47. The normalized spacial score (nSPS) is 15.4. The highest BCUT2D eigenvalue weighted by molar-refractivity contribution is 9.10. The van der Waals surface area contributed by atoms with Crippen molar-refractivity contribution in [1.29, 1.82) is 0 Å². The van der Waals surface area contributed by atoms with Gasteiger partial charge in [-0.15, -0.1) is 0 Å². The van der Waals surface area contributed by atoms with Crippen molar-refractivity contribution in [3.8, 4) is 11.3 Å². The fraction of sp³-hybridized carbons (Fsp3) is 0.357. The van der Waals surface area contributed by atoms with Crippen molar-refractivity contribution >= 4 is 15.9 Å². The van der Waals surface area contributed by atoms with Crippen LogP contribution in [0.4, 0.5) is 0 Å². The molecule has 0 saturated heterocycles. The van der Waals surface area contributed by atoms with E-state index in [4.69, 9.17) is 4.98 Å². The number of rotatable bonds is 1. The molecular weight excluding hydrogens is 276 g/mol. The van der Waals surface area contributed by atoms with E-state index in [1.165, 1.54) is 30.7 Å². The SMILES string of the molecule is Brc1cccc(-c2cn3c(n2)CCCCC3)c1. The summed E-state index contributed by atoms with van der Waals surface area (Å²) in [4.78, 5) is 4.76. The Labute approximate surface area is 110 Å². The zero-order chi connectivity index (χ0) is 11.7. The van der Waals surface area contributed by atoms with Crippen LogP contribution in [0.15, 0.2) is 34.9 Å². The van der Waals surface area contributed by atoms with Crippen molar-refractivity contribution in [2.45, 2.75) is 32.2 Å². The molecule has 1 aliphatic heterocycles. The fourth-order valence-electron chi connectivity index (χ4n) is 2.38. The maximum absolute atomic E-state index is 4.76.